The Kier molecular flexibility index (Phi) is 2.81. The lowest BCUT2D eigenvalue weighted by molar-refractivity contribution is 0.359. The molecule has 0 amide bonds. The Bertz CT molecular complexity index is 230. The van der Waals surface area contributed by atoms with E-state index in [-0.39, 0.29) is 0 Å². The molecule has 0 aromatic rings. The smallest absolute Gasteiger partial charge is 0.0196 e. The van der Waals surface area contributed by atoms with Gasteiger partial charge >= 0.3 is 0 Å². The Morgan fingerprint density at radius 2 is 2.46 bits per heavy atom. The molecule has 0 radical (unpaired) electrons. The lowest BCUT2D eigenvalue weighted by Gasteiger charge is -2.18. The zero-order valence-electron chi connectivity index (χ0n) is 8.08. The Morgan fingerprint density at radius 1 is 1.54 bits per heavy atom. The van der Waals surface area contributed by atoms with E-state index in [2.05, 4.69) is 23.1 Å². The van der Waals surface area contributed by atoms with E-state index in [1.54, 1.807) is 5.57 Å². The molecule has 1 aliphatic heterocycles. The van der Waals surface area contributed by atoms with Gasteiger partial charge in [0.1, 0.15) is 0 Å². The molecular weight excluding hydrogens is 160 g/mol. The fourth-order valence-electron chi connectivity index (χ4n) is 2.08. The third-order valence-electron chi connectivity index (χ3n) is 2.84. The van der Waals surface area contributed by atoms with Crippen LogP contribution in [0.2, 0.25) is 0 Å². The number of hydrogen-bond donors (Lipinski definition) is 1. The average Bonchev–Trinajstić information content (AvgIpc) is 2.53. The first-order valence-corrected chi connectivity index (χ1v) is 5.17. The van der Waals surface area contributed by atoms with E-state index >= 15 is 0 Å². The number of nitrogens with two attached hydrogens (primary N) is 1. The first kappa shape index (κ1) is 8.97. The molecule has 1 saturated heterocycles. The second-order valence-electron chi connectivity index (χ2n) is 4.08. The van der Waals surface area contributed by atoms with Crippen LogP contribution in [-0.2, 0) is 0 Å². The number of nitrogens with zero attached hydrogens (tertiary/aromatic N) is 1. The van der Waals surface area contributed by atoms with Crippen molar-refractivity contribution < 1.29 is 0 Å². The second-order valence-corrected chi connectivity index (χ2v) is 4.08. The maximum Gasteiger partial charge on any atom is 0.0196 e. The zero-order valence-corrected chi connectivity index (χ0v) is 8.08. The summed E-state index contributed by atoms with van der Waals surface area (Å²) in [4.78, 5) is 2.47. The Labute approximate surface area is 80.1 Å². The highest BCUT2D eigenvalue weighted by Crippen LogP contribution is 2.16. The van der Waals surface area contributed by atoms with Gasteiger partial charge in [-0.3, -0.25) is 4.90 Å². The van der Waals surface area contributed by atoms with Crippen molar-refractivity contribution in [3.8, 4) is 0 Å². The SMILES string of the molecule is NC1CCN(CC2=CC=CCC2)C1. The Morgan fingerprint density at radius 3 is 3.08 bits per heavy atom. The largest absolute Gasteiger partial charge is 0.326 e. The van der Waals surface area contributed by atoms with Crippen LogP contribution in [0.3, 0.4) is 0 Å². The van der Waals surface area contributed by atoms with Gasteiger partial charge in [0.05, 0.1) is 0 Å². The van der Waals surface area contributed by atoms with Gasteiger partial charge in [0, 0.05) is 25.7 Å². The molecular formula is C11H18N2. The minimum atomic E-state index is 0.416. The van der Waals surface area contributed by atoms with Crippen molar-refractivity contribution >= 4 is 0 Å². The summed E-state index contributed by atoms with van der Waals surface area (Å²) >= 11 is 0. The van der Waals surface area contributed by atoms with E-state index < -0.39 is 0 Å². The minimum absolute atomic E-state index is 0.416. The van der Waals surface area contributed by atoms with E-state index in [1.807, 2.05) is 0 Å². The summed E-state index contributed by atoms with van der Waals surface area (Å²) in [5.41, 5.74) is 7.42. The van der Waals surface area contributed by atoms with Gasteiger partial charge in [-0.1, -0.05) is 23.8 Å². The molecule has 2 N–H and O–H groups in total. The molecule has 0 saturated carbocycles. The lowest BCUT2D eigenvalue weighted by atomic mass is 10.1. The molecule has 2 rings (SSSR count). The number of hydrogen-bond acceptors (Lipinski definition) is 2. The summed E-state index contributed by atoms with van der Waals surface area (Å²) in [5.74, 6) is 0. The van der Waals surface area contributed by atoms with Crippen molar-refractivity contribution in [3.05, 3.63) is 23.8 Å². The molecule has 72 valence electrons. The number of allylic oxidation sites excluding steroid dienone is 3. The maximum atomic E-state index is 5.86. The van der Waals surface area contributed by atoms with Crippen molar-refractivity contribution in [2.45, 2.75) is 25.3 Å². The summed E-state index contributed by atoms with van der Waals surface area (Å²) in [7, 11) is 0. The van der Waals surface area contributed by atoms with Crippen LogP contribution in [0.1, 0.15) is 19.3 Å². The summed E-state index contributed by atoms with van der Waals surface area (Å²) in [6.07, 6.45) is 10.3. The van der Waals surface area contributed by atoms with Gasteiger partial charge in [0.25, 0.3) is 0 Å². The first-order chi connectivity index (χ1) is 6.34. The van der Waals surface area contributed by atoms with Gasteiger partial charge in [-0.15, -0.1) is 0 Å². The van der Waals surface area contributed by atoms with E-state index in [4.69, 9.17) is 5.73 Å². The number of rotatable bonds is 2. The molecule has 13 heavy (non-hydrogen) atoms. The zero-order chi connectivity index (χ0) is 9.10. The van der Waals surface area contributed by atoms with Crippen LogP contribution in [0, 0.1) is 0 Å². The predicted octanol–water partition coefficient (Wildman–Crippen LogP) is 1.30. The summed E-state index contributed by atoms with van der Waals surface area (Å²) in [6, 6.07) is 0.416. The van der Waals surface area contributed by atoms with Crippen LogP contribution in [0.25, 0.3) is 0 Å². The Balaban J connectivity index is 1.84. The standard InChI is InChI=1S/C11H18N2/c12-11-6-7-13(9-11)8-10-4-2-1-3-5-10/h1-2,4,11H,3,5-9,12H2. The molecule has 1 heterocycles. The molecule has 1 unspecified atom stereocenters. The highest BCUT2D eigenvalue weighted by Gasteiger charge is 2.19. The monoisotopic (exact) mass is 178 g/mol. The van der Waals surface area contributed by atoms with Crippen molar-refractivity contribution in [2.75, 3.05) is 19.6 Å². The molecule has 2 heteroatoms. The fourth-order valence-corrected chi connectivity index (χ4v) is 2.08. The molecule has 2 nitrogen and oxygen atoms in total. The van der Waals surface area contributed by atoms with Gasteiger partial charge in [-0.2, -0.15) is 0 Å². The van der Waals surface area contributed by atoms with Crippen LogP contribution in [0.4, 0.5) is 0 Å². The summed E-state index contributed by atoms with van der Waals surface area (Å²) in [6.45, 7) is 3.40. The molecule has 1 atom stereocenters. The lowest BCUT2D eigenvalue weighted by Crippen LogP contribution is -2.28. The second kappa shape index (κ2) is 4.07. The first-order valence-electron chi connectivity index (χ1n) is 5.17. The molecule has 0 bridgehead atoms. The molecule has 2 aliphatic rings. The highest BCUT2D eigenvalue weighted by molar-refractivity contribution is 5.19. The average molecular weight is 178 g/mol. The number of likely N-dealkylation sites (tertiary alicyclic amines) is 1. The predicted molar refractivity (Wildman–Crippen MR) is 55.5 cm³/mol. The van der Waals surface area contributed by atoms with Crippen molar-refractivity contribution in [2.24, 2.45) is 5.73 Å². The molecule has 0 aromatic heterocycles. The van der Waals surface area contributed by atoms with Crippen LogP contribution in [0.15, 0.2) is 23.8 Å². The van der Waals surface area contributed by atoms with E-state index in [0.717, 1.165) is 13.1 Å². The van der Waals surface area contributed by atoms with Gasteiger partial charge in [0.2, 0.25) is 0 Å². The third-order valence-corrected chi connectivity index (χ3v) is 2.84. The quantitative estimate of drug-likeness (QED) is 0.690. The topological polar surface area (TPSA) is 29.3 Å². The highest BCUT2D eigenvalue weighted by atomic mass is 15.2. The van der Waals surface area contributed by atoms with Gasteiger partial charge in [0.15, 0.2) is 0 Å². The van der Waals surface area contributed by atoms with Crippen molar-refractivity contribution in [1.82, 2.24) is 4.90 Å². The van der Waals surface area contributed by atoms with Gasteiger partial charge in [-0.25, -0.2) is 0 Å². The van der Waals surface area contributed by atoms with E-state index in [9.17, 15) is 0 Å². The normalized spacial score (nSPS) is 29.3. The van der Waals surface area contributed by atoms with E-state index in [1.165, 1.54) is 25.8 Å². The van der Waals surface area contributed by atoms with E-state index in [0.29, 0.717) is 6.04 Å². The fraction of sp³-hybridized carbons (Fsp3) is 0.636. The summed E-state index contributed by atoms with van der Waals surface area (Å²) < 4.78 is 0. The molecule has 1 fully saturated rings. The van der Waals surface area contributed by atoms with Gasteiger partial charge in [-0.05, 0) is 19.3 Å². The van der Waals surface area contributed by atoms with Crippen LogP contribution >= 0.6 is 0 Å². The van der Waals surface area contributed by atoms with Gasteiger partial charge < -0.3 is 5.73 Å². The van der Waals surface area contributed by atoms with Crippen LogP contribution < -0.4 is 5.73 Å². The molecule has 1 aliphatic carbocycles. The summed E-state index contributed by atoms with van der Waals surface area (Å²) in [5, 5.41) is 0. The van der Waals surface area contributed by atoms with Crippen molar-refractivity contribution in [1.29, 1.82) is 0 Å². The molecule has 0 aromatic carbocycles. The van der Waals surface area contributed by atoms with Crippen LogP contribution in [0.5, 0.6) is 0 Å². The Hall–Kier alpha value is -0.600. The molecule has 0 spiro atoms. The minimum Gasteiger partial charge on any atom is -0.326 e. The maximum absolute atomic E-state index is 5.86. The van der Waals surface area contributed by atoms with Crippen LogP contribution in [-0.4, -0.2) is 30.6 Å². The van der Waals surface area contributed by atoms with Crippen molar-refractivity contribution in [3.63, 3.8) is 0 Å². The third kappa shape index (κ3) is 2.42.